The number of hydrogen-bond donors (Lipinski definition) is 1. The maximum absolute atomic E-state index is 13.0. The molecule has 2 aliphatic heterocycles. The van der Waals surface area contributed by atoms with Crippen molar-refractivity contribution < 1.29 is 28.6 Å². The summed E-state index contributed by atoms with van der Waals surface area (Å²) in [6.07, 6.45) is 2.20. The maximum Gasteiger partial charge on any atom is 0.295 e. The number of amides is 1. The molecule has 1 saturated heterocycles. The van der Waals surface area contributed by atoms with Crippen molar-refractivity contribution in [3.63, 3.8) is 0 Å². The minimum absolute atomic E-state index is 0.0180. The Balaban J connectivity index is 1.68. The van der Waals surface area contributed by atoms with Crippen LogP contribution < -0.4 is 9.47 Å². The molecule has 0 saturated carbocycles. The van der Waals surface area contributed by atoms with E-state index in [4.69, 9.17) is 13.9 Å². The Bertz CT molecular complexity index is 1010. The van der Waals surface area contributed by atoms with Gasteiger partial charge in [-0.05, 0) is 56.4 Å². The fourth-order valence-corrected chi connectivity index (χ4v) is 4.20. The molecule has 8 heteroatoms. The molecule has 8 nitrogen and oxygen atoms in total. The predicted molar refractivity (Wildman–Crippen MR) is 118 cm³/mol. The van der Waals surface area contributed by atoms with Crippen LogP contribution in [0.15, 0.2) is 46.6 Å². The van der Waals surface area contributed by atoms with Gasteiger partial charge in [0.05, 0.1) is 11.8 Å². The number of nitrogens with zero attached hydrogens (tertiary/aromatic N) is 2. The molecule has 3 heterocycles. The SMILES string of the molecule is CCN(CC)CCCN1C(=O)C(=O)/C(=C(/O)c2ccc3c(c2)OCCO3)[C@H]1c1ccco1. The monoisotopic (exact) mass is 440 g/mol. The van der Waals surface area contributed by atoms with Crippen LogP contribution in [-0.4, -0.2) is 66.0 Å². The number of likely N-dealkylation sites (tertiary alicyclic amines) is 1. The second-order valence-electron chi connectivity index (χ2n) is 7.75. The smallest absolute Gasteiger partial charge is 0.295 e. The number of ether oxygens (including phenoxy) is 2. The van der Waals surface area contributed by atoms with E-state index in [-0.39, 0.29) is 11.3 Å². The Morgan fingerprint density at radius 2 is 1.88 bits per heavy atom. The lowest BCUT2D eigenvalue weighted by atomic mass is 9.99. The third-order valence-corrected chi connectivity index (χ3v) is 5.94. The van der Waals surface area contributed by atoms with Crippen molar-refractivity contribution in [2.45, 2.75) is 26.3 Å². The fourth-order valence-electron chi connectivity index (χ4n) is 4.20. The van der Waals surface area contributed by atoms with Gasteiger partial charge < -0.3 is 28.8 Å². The zero-order valence-corrected chi connectivity index (χ0v) is 18.4. The normalized spacial score (nSPS) is 19.7. The fraction of sp³-hybridized carbons (Fsp3) is 0.417. The molecule has 2 aromatic rings. The first-order chi connectivity index (χ1) is 15.5. The molecule has 2 aliphatic rings. The Morgan fingerprint density at radius 1 is 1.12 bits per heavy atom. The number of carbonyl (C=O) groups excluding carboxylic acids is 2. The van der Waals surface area contributed by atoms with Crippen LogP contribution in [-0.2, 0) is 9.59 Å². The first-order valence-corrected chi connectivity index (χ1v) is 11.0. The van der Waals surface area contributed by atoms with Crippen molar-refractivity contribution in [3.05, 3.63) is 53.5 Å². The average Bonchev–Trinajstić information content (AvgIpc) is 3.43. The van der Waals surface area contributed by atoms with E-state index in [1.165, 1.54) is 11.2 Å². The predicted octanol–water partition coefficient (Wildman–Crippen LogP) is 3.20. The average molecular weight is 440 g/mol. The Labute approximate surface area is 187 Å². The first-order valence-electron chi connectivity index (χ1n) is 11.0. The van der Waals surface area contributed by atoms with Crippen LogP contribution in [0.2, 0.25) is 0 Å². The third-order valence-electron chi connectivity index (χ3n) is 5.94. The van der Waals surface area contributed by atoms with Crippen LogP contribution in [0, 0.1) is 0 Å². The molecule has 0 spiro atoms. The van der Waals surface area contributed by atoms with E-state index in [1.54, 1.807) is 30.3 Å². The minimum Gasteiger partial charge on any atom is -0.507 e. The van der Waals surface area contributed by atoms with E-state index >= 15 is 0 Å². The highest BCUT2D eigenvalue weighted by molar-refractivity contribution is 6.46. The zero-order valence-electron chi connectivity index (χ0n) is 18.4. The van der Waals surface area contributed by atoms with Gasteiger partial charge >= 0.3 is 0 Å². The van der Waals surface area contributed by atoms with Gasteiger partial charge in [-0.3, -0.25) is 9.59 Å². The molecule has 1 aromatic heterocycles. The molecule has 0 bridgehead atoms. The Hall–Kier alpha value is -3.26. The molecule has 0 aliphatic carbocycles. The second-order valence-corrected chi connectivity index (χ2v) is 7.75. The summed E-state index contributed by atoms with van der Waals surface area (Å²) in [6, 6.07) is 7.59. The number of hydrogen-bond acceptors (Lipinski definition) is 7. The quantitative estimate of drug-likeness (QED) is 0.383. The Kier molecular flexibility index (Phi) is 6.50. The van der Waals surface area contributed by atoms with Crippen LogP contribution >= 0.6 is 0 Å². The van der Waals surface area contributed by atoms with E-state index in [0.29, 0.717) is 49.0 Å². The first kappa shape index (κ1) is 22.0. The highest BCUT2D eigenvalue weighted by atomic mass is 16.6. The summed E-state index contributed by atoms with van der Waals surface area (Å²) in [5.74, 6) is -0.110. The van der Waals surface area contributed by atoms with Gasteiger partial charge in [0.1, 0.15) is 30.8 Å². The summed E-state index contributed by atoms with van der Waals surface area (Å²) in [7, 11) is 0. The van der Waals surface area contributed by atoms with Crippen LogP contribution in [0.25, 0.3) is 5.76 Å². The van der Waals surface area contributed by atoms with Crippen molar-refractivity contribution in [1.29, 1.82) is 0 Å². The molecule has 1 N–H and O–H groups in total. The number of carbonyl (C=O) groups is 2. The molecule has 170 valence electrons. The molecule has 0 radical (unpaired) electrons. The number of ketones is 1. The molecule has 32 heavy (non-hydrogen) atoms. The van der Waals surface area contributed by atoms with Gasteiger partial charge in [0.2, 0.25) is 0 Å². The number of rotatable bonds is 8. The number of aliphatic hydroxyl groups excluding tert-OH is 1. The number of furan rings is 1. The van der Waals surface area contributed by atoms with Gasteiger partial charge in [0.15, 0.2) is 11.5 Å². The molecular weight excluding hydrogens is 412 g/mol. The van der Waals surface area contributed by atoms with Gasteiger partial charge in [-0.1, -0.05) is 13.8 Å². The van der Waals surface area contributed by atoms with Crippen LogP contribution in [0.1, 0.15) is 37.6 Å². The minimum atomic E-state index is -0.782. The molecule has 0 unspecified atom stereocenters. The molecule has 1 fully saturated rings. The maximum atomic E-state index is 13.0. The number of Topliss-reactive ketones (excluding diaryl/α,β-unsaturated/α-hetero) is 1. The van der Waals surface area contributed by atoms with E-state index in [0.717, 1.165) is 19.6 Å². The summed E-state index contributed by atoms with van der Waals surface area (Å²) in [6.45, 7) is 8.06. The van der Waals surface area contributed by atoms with E-state index in [1.807, 2.05) is 0 Å². The lowest BCUT2D eigenvalue weighted by molar-refractivity contribution is -0.140. The largest absolute Gasteiger partial charge is 0.507 e. The molecular formula is C24H28N2O6. The molecule has 4 rings (SSSR count). The highest BCUT2D eigenvalue weighted by Gasteiger charge is 2.47. The van der Waals surface area contributed by atoms with Crippen molar-refractivity contribution >= 4 is 17.4 Å². The van der Waals surface area contributed by atoms with E-state index in [2.05, 4.69) is 18.7 Å². The lowest BCUT2D eigenvalue weighted by Gasteiger charge is -2.25. The van der Waals surface area contributed by atoms with Crippen molar-refractivity contribution in [1.82, 2.24) is 9.80 Å². The van der Waals surface area contributed by atoms with Gasteiger partial charge in [-0.2, -0.15) is 0 Å². The summed E-state index contributed by atoms with van der Waals surface area (Å²) in [5, 5.41) is 11.1. The van der Waals surface area contributed by atoms with Crippen molar-refractivity contribution in [2.24, 2.45) is 0 Å². The van der Waals surface area contributed by atoms with Crippen LogP contribution in [0.3, 0.4) is 0 Å². The molecule has 1 atom stereocenters. The van der Waals surface area contributed by atoms with Crippen LogP contribution in [0.4, 0.5) is 0 Å². The Morgan fingerprint density at radius 3 is 2.56 bits per heavy atom. The summed E-state index contributed by atoms with van der Waals surface area (Å²) in [5.41, 5.74) is 0.399. The number of aliphatic hydroxyl groups is 1. The highest BCUT2D eigenvalue weighted by Crippen LogP contribution is 2.41. The molecule has 1 aromatic carbocycles. The van der Waals surface area contributed by atoms with Gasteiger partial charge in [-0.25, -0.2) is 0 Å². The van der Waals surface area contributed by atoms with Gasteiger partial charge in [0.25, 0.3) is 11.7 Å². The summed E-state index contributed by atoms with van der Waals surface area (Å²) < 4.78 is 16.7. The zero-order chi connectivity index (χ0) is 22.7. The van der Waals surface area contributed by atoms with Gasteiger partial charge in [0, 0.05) is 12.1 Å². The van der Waals surface area contributed by atoms with Crippen LogP contribution in [0.5, 0.6) is 11.5 Å². The lowest BCUT2D eigenvalue weighted by Crippen LogP contribution is -2.33. The topological polar surface area (TPSA) is 92.5 Å². The summed E-state index contributed by atoms with van der Waals surface area (Å²) >= 11 is 0. The van der Waals surface area contributed by atoms with Gasteiger partial charge in [-0.15, -0.1) is 0 Å². The van der Waals surface area contributed by atoms with E-state index < -0.39 is 17.7 Å². The molecule has 1 amide bonds. The van der Waals surface area contributed by atoms with Crippen molar-refractivity contribution in [2.75, 3.05) is 39.4 Å². The number of fused-ring (bicyclic) bond motifs is 1. The number of benzene rings is 1. The third kappa shape index (κ3) is 4.10. The standard InChI is InChI=1S/C24H28N2O6/c1-3-25(4-2)10-6-11-26-21(18-7-5-12-30-18)20(23(28)24(26)29)22(27)16-8-9-17-19(15-16)32-14-13-31-17/h5,7-9,12,15,21,27H,3-4,6,10-11,13-14H2,1-2H3/b22-20+/t21-/m1/s1. The van der Waals surface area contributed by atoms with Crippen molar-refractivity contribution in [3.8, 4) is 11.5 Å². The summed E-state index contributed by atoms with van der Waals surface area (Å²) in [4.78, 5) is 29.7. The van der Waals surface area contributed by atoms with E-state index in [9.17, 15) is 14.7 Å². The second kappa shape index (κ2) is 9.48.